The van der Waals surface area contributed by atoms with E-state index in [0.717, 1.165) is 10.2 Å². The van der Waals surface area contributed by atoms with Gasteiger partial charge in [-0.2, -0.15) is 23.4 Å². The molecule has 20 heavy (non-hydrogen) atoms. The highest BCUT2D eigenvalue weighted by molar-refractivity contribution is 5.91. The van der Waals surface area contributed by atoms with Gasteiger partial charge in [-0.15, -0.1) is 0 Å². The minimum atomic E-state index is -4.52. The van der Waals surface area contributed by atoms with E-state index in [9.17, 15) is 13.2 Å². The SMILES string of the molecule is Cn1cc(Nc2n[nH]c3ccccc23)c(C(F)(F)F)n1. The number of aromatic nitrogens is 4. The van der Waals surface area contributed by atoms with Crippen LogP contribution in [0.15, 0.2) is 30.5 Å². The first-order valence-electron chi connectivity index (χ1n) is 5.76. The maximum atomic E-state index is 12.9. The van der Waals surface area contributed by atoms with Crippen molar-refractivity contribution in [1.82, 2.24) is 20.0 Å². The highest BCUT2D eigenvalue weighted by Crippen LogP contribution is 2.35. The van der Waals surface area contributed by atoms with Crippen LogP contribution in [-0.4, -0.2) is 20.0 Å². The van der Waals surface area contributed by atoms with E-state index in [1.54, 1.807) is 18.2 Å². The van der Waals surface area contributed by atoms with E-state index in [2.05, 4.69) is 20.6 Å². The quantitative estimate of drug-likeness (QED) is 0.759. The number of aryl methyl sites for hydroxylation is 1. The molecule has 2 N–H and O–H groups in total. The topological polar surface area (TPSA) is 58.5 Å². The van der Waals surface area contributed by atoms with Crippen molar-refractivity contribution in [2.45, 2.75) is 6.18 Å². The minimum Gasteiger partial charge on any atom is -0.335 e. The first-order chi connectivity index (χ1) is 9.45. The van der Waals surface area contributed by atoms with E-state index in [-0.39, 0.29) is 5.69 Å². The van der Waals surface area contributed by atoms with Gasteiger partial charge in [0.25, 0.3) is 0 Å². The van der Waals surface area contributed by atoms with Gasteiger partial charge in [-0.05, 0) is 12.1 Å². The molecular weight excluding hydrogens is 271 g/mol. The van der Waals surface area contributed by atoms with Crippen LogP contribution < -0.4 is 5.32 Å². The van der Waals surface area contributed by atoms with Gasteiger partial charge in [-0.3, -0.25) is 9.78 Å². The summed E-state index contributed by atoms with van der Waals surface area (Å²) < 4.78 is 39.7. The molecule has 2 heterocycles. The lowest BCUT2D eigenvalue weighted by molar-refractivity contribution is -0.140. The first kappa shape index (κ1) is 12.5. The van der Waals surface area contributed by atoms with Crippen LogP contribution in [0.3, 0.4) is 0 Å². The largest absolute Gasteiger partial charge is 0.437 e. The van der Waals surface area contributed by atoms with Gasteiger partial charge in [0.15, 0.2) is 11.5 Å². The number of nitrogens with one attached hydrogen (secondary N) is 2. The Kier molecular flexibility index (Phi) is 2.66. The highest BCUT2D eigenvalue weighted by Gasteiger charge is 2.37. The fourth-order valence-electron chi connectivity index (χ4n) is 1.98. The van der Waals surface area contributed by atoms with Crippen molar-refractivity contribution >= 4 is 22.4 Å². The zero-order valence-corrected chi connectivity index (χ0v) is 10.4. The Balaban J connectivity index is 2.03. The number of nitrogens with zero attached hydrogens (tertiary/aromatic N) is 3. The lowest BCUT2D eigenvalue weighted by Crippen LogP contribution is -2.09. The number of fused-ring (bicyclic) bond motifs is 1. The molecular formula is C12H10F3N5. The molecule has 0 fully saturated rings. The molecule has 3 rings (SSSR count). The van der Waals surface area contributed by atoms with Crippen molar-refractivity contribution in [2.75, 3.05) is 5.32 Å². The molecule has 3 aromatic rings. The number of halogens is 3. The smallest absolute Gasteiger partial charge is 0.335 e. The van der Waals surface area contributed by atoms with Crippen molar-refractivity contribution in [1.29, 1.82) is 0 Å². The number of alkyl halides is 3. The Morgan fingerprint density at radius 1 is 1.25 bits per heavy atom. The van der Waals surface area contributed by atoms with Gasteiger partial charge in [0.05, 0.1) is 11.2 Å². The van der Waals surface area contributed by atoms with Crippen LogP contribution in [0.1, 0.15) is 5.69 Å². The summed E-state index contributed by atoms with van der Waals surface area (Å²) in [5.41, 5.74) is -0.350. The van der Waals surface area contributed by atoms with Crippen molar-refractivity contribution in [3.63, 3.8) is 0 Å². The molecule has 0 saturated heterocycles. The number of hydrogen-bond acceptors (Lipinski definition) is 3. The lowest BCUT2D eigenvalue weighted by Gasteiger charge is -2.06. The summed E-state index contributed by atoms with van der Waals surface area (Å²) >= 11 is 0. The fraction of sp³-hybridized carbons (Fsp3) is 0.167. The molecule has 2 aromatic heterocycles. The average molecular weight is 281 g/mol. The molecule has 5 nitrogen and oxygen atoms in total. The molecule has 0 radical (unpaired) electrons. The normalized spacial score (nSPS) is 12.0. The van der Waals surface area contributed by atoms with Gasteiger partial charge in [0.1, 0.15) is 0 Å². The van der Waals surface area contributed by atoms with E-state index in [1.807, 2.05) is 6.07 Å². The predicted octanol–water partition coefficient (Wildman–Crippen LogP) is 3.06. The Hall–Kier alpha value is -2.51. The van der Waals surface area contributed by atoms with Crippen LogP contribution in [-0.2, 0) is 13.2 Å². The molecule has 0 aliphatic carbocycles. The van der Waals surface area contributed by atoms with Crippen molar-refractivity contribution in [2.24, 2.45) is 7.05 Å². The molecule has 104 valence electrons. The molecule has 1 aromatic carbocycles. The van der Waals surface area contributed by atoms with Crippen LogP contribution in [0.4, 0.5) is 24.7 Å². The van der Waals surface area contributed by atoms with Gasteiger partial charge < -0.3 is 5.32 Å². The monoisotopic (exact) mass is 281 g/mol. The Labute approximate surface area is 111 Å². The molecule has 0 unspecified atom stereocenters. The zero-order chi connectivity index (χ0) is 14.3. The third-order valence-electron chi connectivity index (χ3n) is 2.82. The second-order valence-corrected chi connectivity index (χ2v) is 4.31. The third-order valence-corrected chi connectivity index (χ3v) is 2.82. The molecule has 0 saturated carbocycles. The number of benzene rings is 1. The van der Waals surface area contributed by atoms with E-state index < -0.39 is 11.9 Å². The highest BCUT2D eigenvalue weighted by atomic mass is 19.4. The fourth-order valence-corrected chi connectivity index (χ4v) is 1.98. The van der Waals surface area contributed by atoms with Crippen molar-refractivity contribution in [3.05, 3.63) is 36.2 Å². The number of aromatic amines is 1. The first-order valence-corrected chi connectivity index (χ1v) is 5.76. The number of para-hydroxylation sites is 1. The maximum absolute atomic E-state index is 12.9. The second-order valence-electron chi connectivity index (χ2n) is 4.31. The number of hydrogen-bond donors (Lipinski definition) is 2. The maximum Gasteiger partial charge on any atom is 0.437 e. The lowest BCUT2D eigenvalue weighted by atomic mass is 10.2. The molecule has 0 aliphatic heterocycles. The Morgan fingerprint density at radius 2 is 2.00 bits per heavy atom. The number of rotatable bonds is 2. The zero-order valence-electron chi connectivity index (χ0n) is 10.4. The van der Waals surface area contributed by atoms with Crippen molar-refractivity contribution in [3.8, 4) is 0 Å². The van der Waals surface area contributed by atoms with Crippen molar-refractivity contribution < 1.29 is 13.2 Å². The molecule has 8 heteroatoms. The standard InChI is InChI=1S/C12H10F3N5/c1-20-6-9(10(19-20)12(13,14)15)16-11-7-4-2-3-5-8(7)17-18-11/h2-6H,1H3,(H2,16,17,18). The second kappa shape index (κ2) is 4.26. The number of H-pyrrole nitrogens is 1. The molecule has 0 aliphatic rings. The summed E-state index contributed by atoms with van der Waals surface area (Å²) in [7, 11) is 1.43. The van der Waals surface area contributed by atoms with E-state index >= 15 is 0 Å². The predicted molar refractivity (Wildman–Crippen MR) is 67.6 cm³/mol. The van der Waals surface area contributed by atoms with Crippen LogP contribution in [0.25, 0.3) is 10.9 Å². The summed E-state index contributed by atoms with van der Waals surface area (Å²) in [6.45, 7) is 0. The van der Waals surface area contributed by atoms with E-state index in [0.29, 0.717) is 11.2 Å². The molecule has 0 bridgehead atoms. The molecule has 0 atom stereocenters. The van der Waals surface area contributed by atoms with Gasteiger partial charge in [0.2, 0.25) is 0 Å². The summed E-state index contributed by atoms with van der Waals surface area (Å²) in [5, 5.41) is 13.6. The third kappa shape index (κ3) is 2.09. The Bertz CT molecular complexity index is 756. The van der Waals surface area contributed by atoms with Gasteiger partial charge in [-0.1, -0.05) is 12.1 Å². The Morgan fingerprint density at radius 3 is 2.75 bits per heavy atom. The van der Waals surface area contributed by atoms with Crippen LogP contribution >= 0.6 is 0 Å². The summed E-state index contributed by atoms with van der Waals surface area (Å²) in [6, 6.07) is 7.17. The number of anilines is 2. The molecule has 0 spiro atoms. The van der Waals surface area contributed by atoms with Gasteiger partial charge in [-0.25, -0.2) is 0 Å². The van der Waals surface area contributed by atoms with E-state index in [1.165, 1.54) is 13.2 Å². The molecule has 0 amide bonds. The van der Waals surface area contributed by atoms with Crippen LogP contribution in [0, 0.1) is 0 Å². The van der Waals surface area contributed by atoms with Crippen LogP contribution in [0.5, 0.6) is 0 Å². The van der Waals surface area contributed by atoms with Gasteiger partial charge >= 0.3 is 6.18 Å². The summed E-state index contributed by atoms with van der Waals surface area (Å²) in [6.07, 6.45) is -3.25. The van der Waals surface area contributed by atoms with E-state index in [4.69, 9.17) is 0 Å². The summed E-state index contributed by atoms with van der Waals surface area (Å²) in [5.74, 6) is 0.333. The average Bonchev–Trinajstić information content (AvgIpc) is 2.94. The summed E-state index contributed by atoms with van der Waals surface area (Å²) in [4.78, 5) is 0. The minimum absolute atomic E-state index is 0.128. The van der Waals surface area contributed by atoms with Crippen LogP contribution in [0.2, 0.25) is 0 Å². The van der Waals surface area contributed by atoms with Gasteiger partial charge in [0, 0.05) is 18.6 Å².